The Kier molecular flexibility index (Phi) is 2.99. The van der Waals surface area contributed by atoms with Gasteiger partial charge in [-0.05, 0) is 39.9 Å². The predicted octanol–water partition coefficient (Wildman–Crippen LogP) is 2.91. The van der Waals surface area contributed by atoms with Crippen molar-refractivity contribution in [1.29, 1.82) is 0 Å². The van der Waals surface area contributed by atoms with E-state index < -0.39 is 0 Å². The molecule has 1 aromatic carbocycles. The van der Waals surface area contributed by atoms with Gasteiger partial charge in [-0.3, -0.25) is 4.68 Å². The number of halogens is 1. The third-order valence-corrected chi connectivity index (χ3v) is 4.48. The first kappa shape index (κ1) is 11.9. The molecular weight excluding hydrogens is 290 g/mol. The van der Waals surface area contributed by atoms with E-state index in [1.807, 2.05) is 17.9 Å². The Morgan fingerprint density at radius 1 is 1.44 bits per heavy atom. The Hall–Kier alpha value is -1.13. The second kappa shape index (κ2) is 4.52. The summed E-state index contributed by atoms with van der Waals surface area (Å²) < 4.78 is 2.87. The molecule has 2 atom stereocenters. The Morgan fingerprint density at radius 2 is 2.22 bits per heavy atom. The lowest BCUT2D eigenvalue weighted by atomic mass is 9.92. The lowest BCUT2D eigenvalue weighted by Gasteiger charge is -2.21. The van der Waals surface area contributed by atoms with Crippen LogP contribution >= 0.6 is 15.9 Å². The average molecular weight is 306 g/mol. The number of benzene rings is 1. The standard InChI is InChI=1S/C14H16BrN3/c1-18-14(12(15)8-17-18)13(16)11-7-6-9-4-2-3-5-10(9)11/h2-5,8,11,13H,6-7,16H2,1H3. The summed E-state index contributed by atoms with van der Waals surface area (Å²) >= 11 is 3.54. The van der Waals surface area contributed by atoms with Crippen molar-refractivity contribution in [1.82, 2.24) is 9.78 Å². The molecule has 18 heavy (non-hydrogen) atoms. The van der Waals surface area contributed by atoms with Crippen molar-refractivity contribution < 1.29 is 0 Å². The third kappa shape index (κ3) is 1.80. The van der Waals surface area contributed by atoms with E-state index in [0.29, 0.717) is 5.92 Å². The summed E-state index contributed by atoms with van der Waals surface area (Å²) in [7, 11) is 1.95. The summed E-state index contributed by atoms with van der Waals surface area (Å²) in [5.74, 6) is 0.396. The SMILES string of the molecule is Cn1ncc(Br)c1C(N)C1CCc2ccccc21. The van der Waals surface area contributed by atoms with E-state index in [0.717, 1.165) is 23.0 Å². The van der Waals surface area contributed by atoms with Gasteiger partial charge in [0, 0.05) is 13.0 Å². The minimum atomic E-state index is -0.00414. The summed E-state index contributed by atoms with van der Waals surface area (Å²) in [6.45, 7) is 0. The molecule has 3 nitrogen and oxygen atoms in total. The summed E-state index contributed by atoms with van der Waals surface area (Å²) in [5.41, 5.74) is 10.4. The van der Waals surface area contributed by atoms with Crippen LogP contribution in [0.1, 0.15) is 35.2 Å². The van der Waals surface area contributed by atoms with E-state index in [-0.39, 0.29) is 6.04 Å². The second-order valence-electron chi connectivity index (χ2n) is 4.87. The number of nitrogens with zero attached hydrogens (tertiary/aromatic N) is 2. The average Bonchev–Trinajstić information content (AvgIpc) is 2.93. The molecule has 0 saturated carbocycles. The van der Waals surface area contributed by atoms with Crippen LogP contribution in [0.3, 0.4) is 0 Å². The zero-order valence-electron chi connectivity index (χ0n) is 10.3. The van der Waals surface area contributed by atoms with Crippen LogP contribution in [0.25, 0.3) is 0 Å². The Labute approximate surface area is 115 Å². The molecule has 1 heterocycles. The van der Waals surface area contributed by atoms with Gasteiger partial charge >= 0.3 is 0 Å². The normalized spacial score (nSPS) is 19.8. The van der Waals surface area contributed by atoms with Crippen LogP contribution in [0.2, 0.25) is 0 Å². The number of nitrogens with two attached hydrogens (primary N) is 1. The second-order valence-corrected chi connectivity index (χ2v) is 5.73. The molecule has 3 rings (SSSR count). The quantitative estimate of drug-likeness (QED) is 0.927. The third-order valence-electron chi connectivity index (χ3n) is 3.87. The van der Waals surface area contributed by atoms with Gasteiger partial charge in [-0.25, -0.2) is 0 Å². The zero-order chi connectivity index (χ0) is 12.7. The van der Waals surface area contributed by atoms with Crippen molar-refractivity contribution >= 4 is 15.9 Å². The molecule has 0 radical (unpaired) electrons. The molecular formula is C14H16BrN3. The van der Waals surface area contributed by atoms with Gasteiger partial charge in [0.1, 0.15) is 0 Å². The fourth-order valence-electron chi connectivity index (χ4n) is 2.95. The van der Waals surface area contributed by atoms with Gasteiger partial charge in [0.15, 0.2) is 0 Å². The lowest BCUT2D eigenvalue weighted by Crippen LogP contribution is -2.21. The Morgan fingerprint density at radius 3 is 2.94 bits per heavy atom. The van der Waals surface area contributed by atoms with Crippen LogP contribution in [0.5, 0.6) is 0 Å². The van der Waals surface area contributed by atoms with Crippen molar-refractivity contribution in [2.75, 3.05) is 0 Å². The van der Waals surface area contributed by atoms with E-state index in [1.165, 1.54) is 11.1 Å². The number of aromatic nitrogens is 2. The first-order chi connectivity index (χ1) is 8.68. The summed E-state index contributed by atoms with van der Waals surface area (Å²) in [4.78, 5) is 0. The molecule has 1 aliphatic rings. The highest BCUT2D eigenvalue weighted by molar-refractivity contribution is 9.10. The molecule has 2 unspecified atom stereocenters. The fraction of sp³-hybridized carbons (Fsp3) is 0.357. The number of aryl methyl sites for hydroxylation is 2. The first-order valence-corrected chi connectivity index (χ1v) is 6.98. The van der Waals surface area contributed by atoms with Crippen molar-refractivity contribution in [2.45, 2.75) is 24.8 Å². The highest BCUT2D eigenvalue weighted by Gasteiger charge is 2.30. The predicted molar refractivity (Wildman–Crippen MR) is 75.3 cm³/mol. The lowest BCUT2D eigenvalue weighted by molar-refractivity contribution is 0.510. The van der Waals surface area contributed by atoms with Crippen LogP contribution in [-0.2, 0) is 13.5 Å². The molecule has 2 N–H and O–H groups in total. The fourth-order valence-corrected chi connectivity index (χ4v) is 3.56. The van der Waals surface area contributed by atoms with E-state index in [1.54, 1.807) is 0 Å². The van der Waals surface area contributed by atoms with Gasteiger partial charge < -0.3 is 5.73 Å². The molecule has 0 fully saturated rings. The summed E-state index contributed by atoms with van der Waals surface area (Å²) in [6, 6.07) is 8.61. The summed E-state index contributed by atoms with van der Waals surface area (Å²) in [5, 5.41) is 4.25. The molecule has 0 spiro atoms. The minimum absolute atomic E-state index is 0.00414. The zero-order valence-corrected chi connectivity index (χ0v) is 11.9. The Bertz CT molecular complexity index is 557. The number of hydrogen-bond donors (Lipinski definition) is 1. The highest BCUT2D eigenvalue weighted by atomic mass is 79.9. The van der Waals surface area contributed by atoms with Gasteiger partial charge in [0.05, 0.1) is 22.4 Å². The van der Waals surface area contributed by atoms with E-state index in [9.17, 15) is 0 Å². The van der Waals surface area contributed by atoms with E-state index in [2.05, 4.69) is 45.3 Å². The van der Waals surface area contributed by atoms with E-state index in [4.69, 9.17) is 5.73 Å². The molecule has 0 saturated heterocycles. The topological polar surface area (TPSA) is 43.8 Å². The molecule has 2 aromatic rings. The van der Waals surface area contributed by atoms with Gasteiger partial charge in [-0.15, -0.1) is 0 Å². The molecule has 0 bridgehead atoms. The van der Waals surface area contributed by atoms with Crippen molar-refractivity contribution in [3.8, 4) is 0 Å². The maximum atomic E-state index is 6.47. The number of fused-ring (bicyclic) bond motifs is 1. The van der Waals surface area contributed by atoms with Crippen LogP contribution in [0.15, 0.2) is 34.9 Å². The van der Waals surface area contributed by atoms with Crippen molar-refractivity contribution in [3.63, 3.8) is 0 Å². The highest BCUT2D eigenvalue weighted by Crippen LogP contribution is 2.41. The van der Waals surface area contributed by atoms with Crippen molar-refractivity contribution in [3.05, 3.63) is 51.8 Å². The summed E-state index contributed by atoms with van der Waals surface area (Å²) in [6.07, 6.45) is 4.07. The Balaban J connectivity index is 1.98. The molecule has 0 amide bonds. The first-order valence-electron chi connectivity index (χ1n) is 6.19. The number of rotatable bonds is 2. The van der Waals surface area contributed by atoms with Crippen molar-refractivity contribution in [2.24, 2.45) is 12.8 Å². The van der Waals surface area contributed by atoms with Crippen LogP contribution < -0.4 is 5.73 Å². The van der Waals surface area contributed by atoms with Gasteiger partial charge in [0.2, 0.25) is 0 Å². The van der Waals surface area contributed by atoms with Gasteiger partial charge in [0.25, 0.3) is 0 Å². The maximum absolute atomic E-state index is 6.47. The monoisotopic (exact) mass is 305 g/mol. The molecule has 1 aromatic heterocycles. The molecule has 4 heteroatoms. The number of hydrogen-bond acceptors (Lipinski definition) is 2. The van der Waals surface area contributed by atoms with E-state index >= 15 is 0 Å². The largest absolute Gasteiger partial charge is 0.322 e. The smallest absolute Gasteiger partial charge is 0.0696 e. The van der Waals surface area contributed by atoms with Gasteiger partial charge in [-0.1, -0.05) is 24.3 Å². The van der Waals surface area contributed by atoms with Crippen LogP contribution in [0, 0.1) is 0 Å². The van der Waals surface area contributed by atoms with Crippen LogP contribution in [0.4, 0.5) is 0 Å². The molecule has 1 aliphatic carbocycles. The molecule has 94 valence electrons. The van der Waals surface area contributed by atoms with Gasteiger partial charge in [-0.2, -0.15) is 5.10 Å². The maximum Gasteiger partial charge on any atom is 0.0696 e. The molecule has 0 aliphatic heterocycles. The minimum Gasteiger partial charge on any atom is -0.322 e. The van der Waals surface area contributed by atoms with Crippen LogP contribution in [-0.4, -0.2) is 9.78 Å².